The molecule has 0 amide bonds. The molecule has 8 nitrogen and oxygen atoms in total. The third kappa shape index (κ3) is 4.36. The van der Waals surface area contributed by atoms with Gasteiger partial charge in [0.1, 0.15) is 12.6 Å². The molecule has 3 heterocycles. The van der Waals surface area contributed by atoms with Gasteiger partial charge in [-0.1, -0.05) is 11.8 Å². The third-order valence-corrected chi connectivity index (χ3v) is 5.71. The van der Waals surface area contributed by atoms with Crippen molar-refractivity contribution >= 4 is 28.6 Å². The molecule has 0 bridgehead atoms. The molecular formula is C20H20N2O6S. The summed E-state index contributed by atoms with van der Waals surface area (Å²) in [6, 6.07) is 8.34. The molecule has 0 saturated carbocycles. The number of hydrogen-bond donors (Lipinski definition) is 0. The quantitative estimate of drug-likeness (QED) is 0.344. The number of furan rings is 1. The Labute approximate surface area is 170 Å². The summed E-state index contributed by atoms with van der Waals surface area (Å²) < 4.78 is 22.6. The van der Waals surface area contributed by atoms with Crippen LogP contribution in [0.4, 0.5) is 0 Å². The van der Waals surface area contributed by atoms with Crippen molar-refractivity contribution in [2.24, 2.45) is 0 Å². The van der Waals surface area contributed by atoms with Gasteiger partial charge in [-0.15, -0.1) is 0 Å². The van der Waals surface area contributed by atoms with Crippen LogP contribution in [0, 0.1) is 0 Å². The van der Waals surface area contributed by atoms with Gasteiger partial charge in [0.25, 0.3) is 5.56 Å². The predicted molar refractivity (Wildman–Crippen MR) is 106 cm³/mol. The highest BCUT2D eigenvalue weighted by Gasteiger charge is 2.19. The van der Waals surface area contributed by atoms with Gasteiger partial charge in [-0.2, -0.15) is 0 Å². The van der Waals surface area contributed by atoms with Gasteiger partial charge in [-0.05, 0) is 36.8 Å². The van der Waals surface area contributed by atoms with E-state index >= 15 is 0 Å². The van der Waals surface area contributed by atoms with Crippen molar-refractivity contribution in [1.82, 2.24) is 9.55 Å². The average molecular weight is 416 g/mol. The third-order valence-electron chi connectivity index (χ3n) is 4.61. The number of esters is 1. The fourth-order valence-electron chi connectivity index (χ4n) is 3.05. The van der Waals surface area contributed by atoms with Crippen LogP contribution >= 0.6 is 11.8 Å². The molecule has 1 aliphatic heterocycles. The monoisotopic (exact) mass is 416 g/mol. The molecule has 1 aliphatic rings. The van der Waals surface area contributed by atoms with E-state index in [9.17, 15) is 9.59 Å². The van der Waals surface area contributed by atoms with Crippen LogP contribution in [-0.4, -0.2) is 47.9 Å². The van der Waals surface area contributed by atoms with E-state index in [4.69, 9.17) is 18.6 Å². The van der Waals surface area contributed by atoms with Gasteiger partial charge >= 0.3 is 5.97 Å². The minimum Gasteiger partial charge on any atom is -0.467 e. The van der Waals surface area contributed by atoms with Gasteiger partial charge in [-0.25, -0.2) is 9.78 Å². The first kappa shape index (κ1) is 19.7. The van der Waals surface area contributed by atoms with Crippen molar-refractivity contribution in [3.63, 3.8) is 0 Å². The Morgan fingerprint density at radius 1 is 1.38 bits per heavy atom. The van der Waals surface area contributed by atoms with E-state index in [-0.39, 0.29) is 25.0 Å². The van der Waals surface area contributed by atoms with Crippen molar-refractivity contribution in [1.29, 1.82) is 0 Å². The Balaban J connectivity index is 1.73. The number of aromatic nitrogens is 2. The Morgan fingerprint density at radius 3 is 3.00 bits per heavy atom. The molecule has 0 spiro atoms. The van der Waals surface area contributed by atoms with E-state index in [1.165, 1.54) is 18.9 Å². The highest BCUT2D eigenvalue weighted by Crippen LogP contribution is 2.23. The summed E-state index contributed by atoms with van der Waals surface area (Å²) >= 11 is 1.44. The average Bonchev–Trinajstić information content (AvgIpc) is 3.27. The molecule has 0 unspecified atom stereocenters. The molecular weight excluding hydrogens is 396 g/mol. The van der Waals surface area contributed by atoms with Crippen LogP contribution in [0.3, 0.4) is 0 Å². The van der Waals surface area contributed by atoms with Gasteiger partial charge in [-0.3, -0.25) is 9.36 Å². The number of rotatable bonds is 6. The van der Waals surface area contributed by atoms with E-state index in [1.54, 1.807) is 35.1 Å². The number of hydrogen-bond acceptors (Lipinski definition) is 8. The molecule has 1 aromatic carbocycles. The van der Waals surface area contributed by atoms with Gasteiger partial charge in [0, 0.05) is 5.75 Å². The summed E-state index contributed by atoms with van der Waals surface area (Å²) in [7, 11) is 1.32. The fourth-order valence-corrected chi connectivity index (χ4v) is 4.12. The van der Waals surface area contributed by atoms with Crippen LogP contribution in [0.25, 0.3) is 10.9 Å². The zero-order chi connectivity index (χ0) is 20.2. The second-order valence-corrected chi connectivity index (χ2v) is 7.49. The first-order valence-electron chi connectivity index (χ1n) is 9.13. The Kier molecular flexibility index (Phi) is 5.98. The zero-order valence-corrected chi connectivity index (χ0v) is 16.6. The smallest absolute Gasteiger partial charge is 0.337 e. The molecule has 0 aliphatic carbocycles. The first-order chi connectivity index (χ1) is 14.2. The van der Waals surface area contributed by atoms with Crippen molar-refractivity contribution in [2.45, 2.75) is 24.2 Å². The zero-order valence-electron chi connectivity index (χ0n) is 15.8. The first-order valence-corrected chi connectivity index (χ1v) is 10.1. The number of fused-ring (bicyclic) bond motifs is 1. The van der Waals surface area contributed by atoms with Crippen molar-refractivity contribution < 1.29 is 23.4 Å². The molecule has 0 N–H and O–H groups in total. The lowest BCUT2D eigenvalue weighted by Gasteiger charge is -2.22. The summed E-state index contributed by atoms with van der Waals surface area (Å²) in [6.07, 6.45) is 2.38. The van der Waals surface area contributed by atoms with Crippen LogP contribution in [-0.2, 0) is 20.8 Å². The van der Waals surface area contributed by atoms with Crippen LogP contribution in [0.2, 0.25) is 0 Å². The number of ether oxygens (including phenoxy) is 3. The topological polar surface area (TPSA) is 92.8 Å². The van der Waals surface area contributed by atoms with E-state index in [0.29, 0.717) is 39.7 Å². The van der Waals surface area contributed by atoms with Crippen molar-refractivity contribution in [3.05, 3.63) is 58.3 Å². The lowest BCUT2D eigenvalue weighted by atomic mass is 10.1. The van der Waals surface area contributed by atoms with E-state index in [1.807, 2.05) is 6.07 Å². The van der Waals surface area contributed by atoms with E-state index in [0.717, 1.165) is 6.42 Å². The van der Waals surface area contributed by atoms with Crippen LogP contribution in [0.15, 0.2) is 51.0 Å². The van der Waals surface area contributed by atoms with Gasteiger partial charge in [0.05, 0.1) is 49.1 Å². The minimum absolute atomic E-state index is 0.0276. The Morgan fingerprint density at radius 2 is 2.28 bits per heavy atom. The second-order valence-electron chi connectivity index (χ2n) is 6.50. The lowest BCUT2D eigenvalue weighted by Crippen LogP contribution is -2.27. The molecule has 152 valence electrons. The molecule has 1 atom stereocenters. The SMILES string of the molecule is COC(=O)c1ccc2c(=O)n(Cc3ccco3)c(SC[C@@H]3CCOCO3)nc2c1. The van der Waals surface area contributed by atoms with E-state index < -0.39 is 5.97 Å². The van der Waals surface area contributed by atoms with Gasteiger partial charge in [0.15, 0.2) is 5.16 Å². The van der Waals surface area contributed by atoms with Crippen LogP contribution in [0.5, 0.6) is 0 Å². The molecule has 0 radical (unpaired) electrons. The molecule has 4 rings (SSSR count). The number of benzene rings is 1. The number of carbonyl (C=O) groups excluding carboxylic acids is 1. The number of carbonyl (C=O) groups is 1. The molecule has 2 aromatic heterocycles. The lowest BCUT2D eigenvalue weighted by molar-refractivity contribution is -0.130. The van der Waals surface area contributed by atoms with Crippen LogP contribution in [0.1, 0.15) is 22.5 Å². The maximum atomic E-state index is 13.2. The summed E-state index contributed by atoms with van der Waals surface area (Å²) in [5.41, 5.74) is 0.599. The number of thioether (sulfide) groups is 1. The molecule has 3 aromatic rings. The Bertz CT molecular complexity index is 1060. The second kappa shape index (κ2) is 8.81. The Hall–Kier alpha value is -2.62. The maximum Gasteiger partial charge on any atom is 0.337 e. The highest BCUT2D eigenvalue weighted by molar-refractivity contribution is 7.99. The van der Waals surface area contributed by atoms with Gasteiger partial charge < -0.3 is 18.6 Å². The molecule has 1 fully saturated rings. The van der Waals surface area contributed by atoms with Gasteiger partial charge in [0.2, 0.25) is 0 Å². The van der Waals surface area contributed by atoms with Crippen molar-refractivity contribution in [2.75, 3.05) is 26.3 Å². The van der Waals surface area contributed by atoms with E-state index in [2.05, 4.69) is 4.98 Å². The summed E-state index contributed by atoms with van der Waals surface area (Å²) in [6.45, 7) is 1.20. The largest absolute Gasteiger partial charge is 0.467 e. The van der Waals surface area contributed by atoms with Crippen molar-refractivity contribution in [3.8, 4) is 0 Å². The summed E-state index contributed by atoms with van der Waals surface area (Å²) in [5.74, 6) is 0.817. The maximum absolute atomic E-state index is 13.2. The molecule has 1 saturated heterocycles. The number of methoxy groups -OCH3 is 1. The number of nitrogens with zero attached hydrogens (tertiary/aromatic N) is 2. The molecule has 9 heteroatoms. The predicted octanol–water partition coefficient (Wildman–Crippen LogP) is 2.68. The standard InChI is InChI=1S/C20H20N2O6S/c1-25-19(24)13-4-5-16-17(9-13)21-20(29-11-15-6-8-26-12-28-15)22(18(16)23)10-14-3-2-7-27-14/h2-5,7,9,15H,6,8,10-12H2,1H3/t15-/m0/s1. The molecule has 29 heavy (non-hydrogen) atoms. The summed E-state index contributed by atoms with van der Waals surface area (Å²) in [4.78, 5) is 29.7. The normalized spacial score (nSPS) is 16.8. The minimum atomic E-state index is -0.474. The highest BCUT2D eigenvalue weighted by atomic mass is 32.2. The summed E-state index contributed by atoms with van der Waals surface area (Å²) in [5, 5.41) is 0.965. The fraction of sp³-hybridized carbons (Fsp3) is 0.350. The van der Waals surface area contributed by atoms with Crippen LogP contribution < -0.4 is 5.56 Å².